The number of thiazole rings is 1. The van der Waals surface area contributed by atoms with Gasteiger partial charge in [-0.05, 0) is 47.7 Å². The number of fused-ring (bicyclic) bond motifs is 1. The zero-order chi connectivity index (χ0) is 24.4. The summed E-state index contributed by atoms with van der Waals surface area (Å²) in [7, 11) is 1.61. The quantitative estimate of drug-likeness (QED) is 0.373. The largest absolute Gasteiger partial charge is 0.497 e. The topological polar surface area (TPSA) is 69.9 Å². The molecule has 8 heteroatoms. The van der Waals surface area contributed by atoms with Crippen LogP contribution >= 0.6 is 22.7 Å². The Balaban J connectivity index is 1.58. The van der Waals surface area contributed by atoms with E-state index in [9.17, 15) is 9.59 Å². The van der Waals surface area contributed by atoms with Crippen LogP contribution < -0.4 is 19.6 Å². The Hall–Kier alpha value is -3.75. The fourth-order valence-corrected chi connectivity index (χ4v) is 5.85. The maximum Gasteiger partial charge on any atom is 0.338 e. The van der Waals surface area contributed by atoms with Crippen molar-refractivity contribution in [1.29, 1.82) is 0 Å². The average molecular weight is 503 g/mol. The van der Waals surface area contributed by atoms with E-state index in [2.05, 4.69) is 4.99 Å². The van der Waals surface area contributed by atoms with E-state index in [-0.39, 0.29) is 12.2 Å². The molecule has 1 atom stereocenters. The lowest BCUT2D eigenvalue weighted by atomic mass is 10.0. The number of thiophene rings is 1. The van der Waals surface area contributed by atoms with E-state index in [4.69, 9.17) is 9.47 Å². The van der Waals surface area contributed by atoms with Gasteiger partial charge in [0.15, 0.2) is 4.80 Å². The number of allylic oxidation sites excluding steroid dienone is 1. The first kappa shape index (κ1) is 23.0. The van der Waals surface area contributed by atoms with Crippen LogP contribution in [-0.2, 0) is 16.1 Å². The third kappa shape index (κ3) is 4.62. The molecule has 0 amide bonds. The third-order valence-corrected chi connectivity index (χ3v) is 7.57. The highest BCUT2D eigenvalue weighted by molar-refractivity contribution is 7.10. The number of aromatic nitrogens is 1. The first-order chi connectivity index (χ1) is 17.0. The van der Waals surface area contributed by atoms with Crippen molar-refractivity contribution in [3.05, 3.63) is 119 Å². The highest BCUT2D eigenvalue weighted by atomic mass is 32.1. The minimum Gasteiger partial charge on any atom is -0.497 e. The van der Waals surface area contributed by atoms with E-state index in [1.165, 1.54) is 22.7 Å². The van der Waals surface area contributed by atoms with Crippen LogP contribution in [0.3, 0.4) is 0 Å². The summed E-state index contributed by atoms with van der Waals surface area (Å²) in [4.78, 5) is 33.0. The minimum absolute atomic E-state index is 0.147. The molecule has 1 aliphatic rings. The number of benzene rings is 2. The molecular formula is C27H22N2O4S2. The van der Waals surface area contributed by atoms with Crippen LogP contribution in [0.25, 0.3) is 6.08 Å². The number of nitrogens with zero attached hydrogens (tertiary/aromatic N) is 2. The Kier molecular flexibility index (Phi) is 6.48. The number of ether oxygens (including phenoxy) is 2. The predicted molar refractivity (Wildman–Crippen MR) is 137 cm³/mol. The smallest absolute Gasteiger partial charge is 0.338 e. The molecule has 0 spiro atoms. The molecule has 35 heavy (non-hydrogen) atoms. The van der Waals surface area contributed by atoms with Gasteiger partial charge >= 0.3 is 5.97 Å². The van der Waals surface area contributed by atoms with Gasteiger partial charge in [-0.1, -0.05) is 59.9 Å². The van der Waals surface area contributed by atoms with E-state index in [0.717, 1.165) is 16.0 Å². The summed E-state index contributed by atoms with van der Waals surface area (Å²) in [6, 6.07) is 20.3. The zero-order valence-electron chi connectivity index (χ0n) is 19.1. The second-order valence-corrected chi connectivity index (χ2v) is 9.92. The fraction of sp³-hybridized carbons (Fsp3) is 0.148. The van der Waals surface area contributed by atoms with E-state index in [1.54, 1.807) is 18.6 Å². The molecule has 0 aliphatic carbocycles. The molecule has 0 radical (unpaired) electrons. The summed E-state index contributed by atoms with van der Waals surface area (Å²) < 4.78 is 13.1. The van der Waals surface area contributed by atoms with Crippen molar-refractivity contribution >= 4 is 34.7 Å². The molecule has 3 heterocycles. The van der Waals surface area contributed by atoms with Crippen LogP contribution in [0.15, 0.2) is 93.2 Å². The lowest BCUT2D eigenvalue weighted by molar-refractivity contribution is -0.140. The van der Waals surface area contributed by atoms with Crippen molar-refractivity contribution in [2.75, 3.05) is 7.11 Å². The van der Waals surface area contributed by atoms with Gasteiger partial charge in [0.1, 0.15) is 18.4 Å². The summed E-state index contributed by atoms with van der Waals surface area (Å²) in [5, 5.41) is 1.93. The van der Waals surface area contributed by atoms with Crippen LogP contribution in [0.5, 0.6) is 5.75 Å². The van der Waals surface area contributed by atoms with Crippen molar-refractivity contribution in [3.63, 3.8) is 0 Å². The van der Waals surface area contributed by atoms with E-state index in [0.29, 0.717) is 26.4 Å². The van der Waals surface area contributed by atoms with Gasteiger partial charge in [0.05, 0.1) is 22.9 Å². The number of rotatable bonds is 6. The Morgan fingerprint density at radius 3 is 2.69 bits per heavy atom. The number of hydrogen-bond acceptors (Lipinski definition) is 7. The van der Waals surface area contributed by atoms with Crippen LogP contribution in [0, 0.1) is 0 Å². The highest BCUT2D eigenvalue weighted by Gasteiger charge is 2.34. The molecule has 0 N–H and O–H groups in total. The molecular weight excluding hydrogens is 480 g/mol. The zero-order valence-corrected chi connectivity index (χ0v) is 20.8. The van der Waals surface area contributed by atoms with Crippen molar-refractivity contribution in [3.8, 4) is 5.75 Å². The molecule has 0 saturated heterocycles. The van der Waals surface area contributed by atoms with Gasteiger partial charge in [-0.3, -0.25) is 9.36 Å². The standard InChI is InChI=1S/C27H22N2O4S2/c1-17-23(26(31)33-16-18-8-4-3-5-9-18)24(21-12-7-13-34-21)29-25(30)22(35-27(29)28-17)15-19-10-6-11-20(14-19)32-2/h3-15,24H,16H2,1-2H3/b22-15+/t24-/m1/s1. The second kappa shape index (κ2) is 9.85. The third-order valence-electron chi connectivity index (χ3n) is 5.66. The maximum absolute atomic E-state index is 13.6. The summed E-state index contributed by atoms with van der Waals surface area (Å²) in [6.07, 6.45) is 1.82. The molecule has 0 unspecified atom stereocenters. The second-order valence-electron chi connectivity index (χ2n) is 7.94. The Bertz CT molecular complexity index is 1580. The maximum atomic E-state index is 13.6. The SMILES string of the molecule is COc1cccc(/C=c2/sc3n(c2=O)[C@H](c2cccs2)C(C(=O)OCc2ccccc2)=C(C)N=3)c1. The van der Waals surface area contributed by atoms with Gasteiger partial charge < -0.3 is 9.47 Å². The van der Waals surface area contributed by atoms with Gasteiger partial charge in [-0.15, -0.1) is 11.3 Å². The number of carbonyl (C=O) groups excluding carboxylic acids is 1. The Morgan fingerprint density at radius 2 is 1.94 bits per heavy atom. The van der Waals surface area contributed by atoms with Crippen molar-refractivity contribution in [1.82, 2.24) is 4.57 Å². The van der Waals surface area contributed by atoms with E-state index < -0.39 is 12.0 Å². The first-order valence-electron chi connectivity index (χ1n) is 11.0. The minimum atomic E-state index is -0.595. The normalized spacial score (nSPS) is 15.5. The van der Waals surface area contributed by atoms with Crippen LogP contribution in [-0.4, -0.2) is 17.6 Å². The first-order valence-corrected chi connectivity index (χ1v) is 12.7. The Labute approximate surface area is 209 Å². The van der Waals surface area contributed by atoms with Gasteiger partial charge in [-0.2, -0.15) is 0 Å². The van der Waals surface area contributed by atoms with Gasteiger partial charge in [0, 0.05) is 4.88 Å². The van der Waals surface area contributed by atoms with Crippen LogP contribution in [0.2, 0.25) is 0 Å². The average Bonchev–Trinajstić information content (AvgIpc) is 3.51. The van der Waals surface area contributed by atoms with E-state index >= 15 is 0 Å². The Morgan fingerprint density at radius 1 is 1.11 bits per heavy atom. The van der Waals surface area contributed by atoms with Gasteiger partial charge in [0.2, 0.25) is 0 Å². The molecule has 0 fully saturated rings. The number of methoxy groups -OCH3 is 1. The highest BCUT2D eigenvalue weighted by Crippen LogP contribution is 2.33. The number of esters is 1. The van der Waals surface area contributed by atoms with Crippen molar-refractivity contribution in [2.24, 2.45) is 4.99 Å². The lowest BCUT2D eigenvalue weighted by Gasteiger charge is -2.23. The van der Waals surface area contributed by atoms with Crippen molar-refractivity contribution < 1.29 is 14.3 Å². The number of hydrogen-bond donors (Lipinski definition) is 0. The van der Waals surface area contributed by atoms with Gasteiger partial charge in [-0.25, -0.2) is 9.79 Å². The summed E-state index contributed by atoms with van der Waals surface area (Å²) in [6.45, 7) is 1.94. The fourth-order valence-electron chi connectivity index (χ4n) is 3.98. The number of carbonyl (C=O) groups is 1. The predicted octanol–water partition coefficient (Wildman–Crippen LogP) is 4.05. The molecule has 6 nitrogen and oxygen atoms in total. The summed E-state index contributed by atoms with van der Waals surface area (Å²) in [5.41, 5.74) is 2.47. The van der Waals surface area contributed by atoms with E-state index in [1.807, 2.05) is 78.2 Å². The summed E-state index contributed by atoms with van der Waals surface area (Å²) >= 11 is 2.80. The monoisotopic (exact) mass is 502 g/mol. The molecule has 0 saturated carbocycles. The summed E-state index contributed by atoms with van der Waals surface area (Å²) in [5.74, 6) is 0.234. The molecule has 2 aromatic heterocycles. The van der Waals surface area contributed by atoms with Crippen LogP contribution in [0.1, 0.15) is 29.0 Å². The molecule has 5 rings (SSSR count). The lowest BCUT2D eigenvalue weighted by Crippen LogP contribution is -2.39. The van der Waals surface area contributed by atoms with Crippen LogP contribution in [0.4, 0.5) is 0 Å². The van der Waals surface area contributed by atoms with Gasteiger partial charge in [0.25, 0.3) is 5.56 Å². The molecule has 0 bridgehead atoms. The molecule has 176 valence electrons. The molecule has 1 aliphatic heterocycles. The molecule has 4 aromatic rings. The molecule has 2 aromatic carbocycles. The van der Waals surface area contributed by atoms with Crippen molar-refractivity contribution in [2.45, 2.75) is 19.6 Å².